The first-order valence-corrected chi connectivity index (χ1v) is 6.23. The van der Waals surface area contributed by atoms with Gasteiger partial charge in [-0.2, -0.15) is 0 Å². The monoisotopic (exact) mass is 221 g/mol. The van der Waals surface area contributed by atoms with E-state index in [0.717, 1.165) is 38.3 Å². The third-order valence-electron chi connectivity index (χ3n) is 2.62. The van der Waals surface area contributed by atoms with Crippen LogP contribution in [0.1, 0.15) is 27.2 Å². The molecule has 3 nitrogen and oxygen atoms in total. The fraction of sp³-hybridized carbons (Fsp3) is 0.615. The van der Waals surface area contributed by atoms with Gasteiger partial charge in [0.25, 0.3) is 0 Å². The lowest BCUT2D eigenvalue weighted by molar-refractivity contribution is 0.312. The Morgan fingerprint density at radius 1 is 1.19 bits per heavy atom. The third-order valence-corrected chi connectivity index (χ3v) is 2.62. The zero-order valence-corrected chi connectivity index (χ0v) is 10.7. The van der Waals surface area contributed by atoms with Crippen LogP contribution < -0.4 is 5.32 Å². The van der Waals surface area contributed by atoms with E-state index in [0.29, 0.717) is 0 Å². The minimum Gasteiger partial charge on any atom is -0.368 e. The Labute approximate surface area is 98.9 Å². The first kappa shape index (κ1) is 13.0. The second-order valence-electron chi connectivity index (χ2n) is 3.71. The molecular weight excluding hydrogens is 198 g/mol. The molecule has 3 heteroatoms. The summed E-state index contributed by atoms with van der Waals surface area (Å²) in [6.45, 7) is 10.4. The van der Waals surface area contributed by atoms with Crippen LogP contribution in [0, 0.1) is 0 Å². The molecule has 0 unspecified atom stereocenters. The molecule has 2 rings (SSSR count). The zero-order chi connectivity index (χ0) is 11.8. The van der Waals surface area contributed by atoms with Gasteiger partial charge in [-0.05, 0) is 13.3 Å². The Balaban J connectivity index is 0.000000606. The van der Waals surface area contributed by atoms with Gasteiger partial charge in [-0.1, -0.05) is 26.0 Å². The first-order valence-electron chi connectivity index (χ1n) is 6.23. The molecule has 2 aliphatic heterocycles. The molecule has 1 fully saturated rings. The standard InChI is InChI=1S/C11H17N3.C2H6/c1-10-3-2-4-11(9-13-10)14-7-5-12-6-8-14;1-2/h3-4,9,12H,2,5-8H2,1H3;1-2H3. The fourth-order valence-corrected chi connectivity index (χ4v) is 1.76. The van der Waals surface area contributed by atoms with Crippen molar-refractivity contribution in [2.45, 2.75) is 27.2 Å². The van der Waals surface area contributed by atoms with Crippen LogP contribution >= 0.6 is 0 Å². The molecule has 0 aliphatic carbocycles. The summed E-state index contributed by atoms with van der Waals surface area (Å²) in [6.07, 6.45) is 7.41. The van der Waals surface area contributed by atoms with Crippen LogP contribution in [0.25, 0.3) is 0 Å². The van der Waals surface area contributed by atoms with E-state index < -0.39 is 0 Å². The molecule has 0 bridgehead atoms. The summed E-state index contributed by atoms with van der Waals surface area (Å²) in [6, 6.07) is 0. The zero-order valence-electron chi connectivity index (χ0n) is 10.7. The molecule has 0 amide bonds. The van der Waals surface area contributed by atoms with Crippen LogP contribution in [0.2, 0.25) is 0 Å². The number of hydrogen-bond donors (Lipinski definition) is 1. The van der Waals surface area contributed by atoms with E-state index >= 15 is 0 Å². The van der Waals surface area contributed by atoms with Crippen LogP contribution in [0.5, 0.6) is 0 Å². The Hall–Kier alpha value is -1.09. The fourth-order valence-electron chi connectivity index (χ4n) is 1.76. The van der Waals surface area contributed by atoms with Crippen molar-refractivity contribution in [2.24, 2.45) is 4.99 Å². The predicted molar refractivity (Wildman–Crippen MR) is 70.7 cm³/mol. The van der Waals surface area contributed by atoms with Gasteiger partial charge in [-0.3, -0.25) is 4.99 Å². The van der Waals surface area contributed by atoms with Crippen LogP contribution in [-0.4, -0.2) is 37.3 Å². The number of hydrogen-bond acceptors (Lipinski definition) is 3. The molecule has 0 atom stereocenters. The van der Waals surface area contributed by atoms with Crippen LogP contribution in [0.4, 0.5) is 0 Å². The van der Waals surface area contributed by atoms with Crippen LogP contribution in [-0.2, 0) is 0 Å². The minimum atomic E-state index is 1.01. The molecule has 0 spiro atoms. The molecule has 0 radical (unpaired) electrons. The molecule has 16 heavy (non-hydrogen) atoms. The van der Waals surface area contributed by atoms with E-state index in [9.17, 15) is 0 Å². The van der Waals surface area contributed by atoms with Crippen molar-refractivity contribution < 1.29 is 0 Å². The lowest BCUT2D eigenvalue weighted by Crippen LogP contribution is -2.43. The Kier molecular flexibility index (Phi) is 5.86. The van der Waals surface area contributed by atoms with Gasteiger partial charge in [0.1, 0.15) is 0 Å². The number of rotatable bonds is 1. The van der Waals surface area contributed by atoms with E-state index in [4.69, 9.17) is 0 Å². The van der Waals surface area contributed by atoms with E-state index in [-0.39, 0.29) is 0 Å². The summed E-state index contributed by atoms with van der Waals surface area (Å²) in [5.74, 6) is 0. The summed E-state index contributed by atoms with van der Waals surface area (Å²) < 4.78 is 0. The molecule has 2 heterocycles. The molecular formula is C13H23N3. The van der Waals surface area contributed by atoms with Gasteiger partial charge < -0.3 is 10.2 Å². The highest BCUT2D eigenvalue weighted by Gasteiger charge is 2.11. The van der Waals surface area contributed by atoms with Crippen molar-refractivity contribution >= 4 is 6.21 Å². The number of nitrogens with one attached hydrogen (secondary N) is 1. The van der Waals surface area contributed by atoms with Gasteiger partial charge in [0, 0.05) is 31.9 Å². The third kappa shape index (κ3) is 3.81. The van der Waals surface area contributed by atoms with E-state index in [1.165, 1.54) is 5.70 Å². The number of piperazine rings is 1. The molecule has 0 aromatic carbocycles. The van der Waals surface area contributed by atoms with Crippen molar-refractivity contribution in [3.05, 3.63) is 23.5 Å². The van der Waals surface area contributed by atoms with Crippen molar-refractivity contribution in [3.8, 4) is 0 Å². The van der Waals surface area contributed by atoms with Gasteiger partial charge in [-0.15, -0.1) is 0 Å². The van der Waals surface area contributed by atoms with Crippen molar-refractivity contribution in [2.75, 3.05) is 26.2 Å². The van der Waals surface area contributed by atoms with E-state index in [2.05, 4.69) is 27.4 Å². The average Bonchev–Trinajstić information content (AvgIpc) is 2.58. The minimum absolute atomic E-state index is 1.01. The summed E-state index contributed by atoms with van der Waals surface area (Å²) in [5, 5.41) is 3.35. The van der Waals surface area contributed by atoms with Gasteiger partial charge in [0.2, 0.25) is 0 Å². The molecule has 0 aromatic heterocycles. The van der Waals surface area contributed by atoms with Crippen LogP contribution in [0.15, 0.2) is 28.5 Å². The summed E-state index contributed by atoms with van der Waals surface area (Å²) in [7, 11) is 0. The smallest absolute Gasteiger partial charge is 0.0515 e. The van der Waals surface area contributed by atoms with Crippen LogP contribution in [0.3, 0.4) is 0 Å². The van der Waals surface area contributed by atoms with Crippen molar-refractivity contribution in [1.29, 1.82) is 0 Å². The summed E-state index contributed by atoms with van der Waals surface area (Å²) in [5.41, 5.74) is 2.39. The SMILES string of the molecule is CC.CC1=CCC=C(N2CCNCC2)C=N1. The van der Waals surface area contributed by atoms with E-state index in [1.54, 1.807) is 0 Å². The highest BCUT2D eigenvalue weighted by atomic mass is 15.2. The first-order chi connectivity index (χ1) is 7.86. The maximum atomic E-state index is 4.39. The highest BCUT2D eigenvalue weighted by Crippen LogP contribution is 2.10. The molecule has 0 saturated carbocycles. The number of nitrogens with zero attached hydrogens (tertiary/aromatic N) is 2. The van der Waals surface area contributed by atoms with Crippen molar-refractivity contribution in [3.63, 3.8) is 0 Å². The second-order valence-corrected chi connectivity index (χ2v) is 3.71. The molecule has 0 aromatic rings. The Morgan fingerprint density at radius 3 is 2.56 bits per heavy atom. The summed E-state index contributed by atoms with van der Waals surface area (Å²) in [4.78, 5) is 6.78. The van der Waals surface area contributed by atoms with E-state index in [1.807, 2.05) is 27.0 Å². The largest absolute Gasteiger partial charge is 0.368 e. The van der Waals surface area contributed by atoms with Gasteiger partial charge >= 0.3 is 0 Å². The maximum absolute atomic E-state index is 4.39. The molecule has 2 aliphatic rings. The average molecular weight is 221 g/mol. The number of allylic oxidation sites excluding steroid dienone is 4. The predicted octanol–water partition coefficient (Wildman–Crippen LogP) is 2.18. The summed E-state index contributed by atoms with van der Waals surface area (Å²) >= 11 is 0. The highest BCUT2D eigenvalue weighted by molar-refractivity contribution is 5.79. The lowest BCUT2D eigenvalue weighted by Gasteiger charge is -2.29. The number of aliphatic imine (C=N–C) groups is 1. The Bertz CT molecular complexity index is 284. The topological polar surface area (TPSA) is 27.6 Å². The quantitative estimate of drug-likeness (QED) is 0.735. The molecule has 1 N–H and O–H groups in total. The van der Waals surface area contributed by atoms with Crippen molar-refractivity contribution in [1.82, 2.24) is 10.2 Å². The van der Waals surface area contributed by atoms with Gasteiger partial charge in [0.05, 0.1) is 11.9 Å². The van der Waals surface area contributed by atoms with Gasteiger partial charge in [0.15, 0.2) is 0 Å². The molecule has 1 saturated heterocycles. The van der Waals surface area contributed by atoms with Gasteiger partial charge in [-0.25, -0.2) is 0 Å². The molecule has 90 valence electrons. The maximum Gasteiger partial charge on any atom is 0.0515 e. The Morgan fingerprint density at radius 2 is 1.88 bits per heavy atom. The lowest BCUT2D eigenvalue weighted by atomic mass is 10.2. The second kappa shape index (κ2) is 7.23. The normalized spacial score (nSPS) is 20.3.